The van der Waals surface area contributed by atoms with Crippen LogP contribution in [0.3, 0.4) is 0 Å². The van der Waals surface area contributed by atoms with E-state index in [9.17, 15) is 4.79 Å². The van der Waals surface area contributed by atoms with Crippen molar-refractivity contribution in [3.63, 3.8) is 0 Å². The molecule has 4 nitrogen and oxygen atoms in total. The summed E-state index contributed by atoms with van der Waals surface area (Å²) in [6.45, 7) is 3.90. The van der Waals surface area contributed by atoms with E-state index in [1.165, 1.54) is 0 Å². The van der Waals surface area contributed by atoms with Gasteiger partial charge in [-0.2, -0.15) is 5.10 Å². The lowest BCUT2D eigenvalue weighted by molar-refractivity contribution is 0.0518. The molecule has 0 saturated heterocycles. The number of esters is 1. The van der Waals surface area contributed by atoms with Crippen molar-refractivity contribution in [2.24, 2.45) is 0 Å². The largest absolute Gasteiger partial charge is 0.461 e. The van der Waals surface area contributed by atoms with Gasteiger partial charge in [-0.3, -0.25) is 0 Å². The number of nitrogens with zero attached hydrogens (tertiary/aromatic N) is 2. The molecule has 0 unspecified atom stereocenters. The smallest absolute Gasteiger partial charge is 0.359 e. The summed E-state index contributed by atoms with van der Waals surface area (Å²) in [4.78, 5) is 12.3. The first-order chi connectivity index (χ1) is 12.4. The van der Waals surface area contributed by atoms with Crippen LogP contribution in [-0.4, -0.2) is 22.4 Å². The van der Waals surface area contributed by atoms with Crippen LogP contribution < -0.4 is 0 Å². The minimum atomic E-state index is -0.458. The monoisotopic (exact) mass is 500 g/mol. The lowest BCUT2D eigenvalue weighted by atomic mass is 10.1. The van der Waals surface area contributed by atoms with E-state index >= 15 is 0 Å². The van der Waals surface area contributed by atoms with Crippen LogP contribution in [0.15, 0.2) is 42.5 Å². The van der Waals surface area contributed by atoms with Crippen LogP contribution >= 0.6 is 45.8 Å². The van der Waals surface area contributed by atoms with Crippen LogP contribution in [0, 0.1) is 10.5 Å². The van der Waals surface area contributed by atoms with Gasteiger partial charge in [-0.1, -0.05) is 35.3 Å². The van der Waals surface area contributed by atoms with Crippen molar-refractivity contribution in [1.29, 1.82) is 0 Å². The minimum absolute atomic E-state index is 0.270. The molecule has 1 aromatic heterocycles. The molecule has 1 heterocycles. The first-order valence-corrected chi connectivity index (χ1v) is 9.74. The van der Waals surface area contributed by atoms with Gasteiger partial charge < -0.3 is 4.74 Å². The first-order valence-electron chi connectivity index (χ1n) is 7.90. The van der Waals surface area contributed by atoms with Crippen molar-refractivity contribution in [3.05, 3.63) is 67.3 Å². The number of hydrogen-bond donors (Lipinski definition) is 0. The quantitative estimate of drug-likeness (QED) is 0.329. The van der Waals surface area contributed by atoms with E-state index in [4.69, 9.17) is 27.9 Å². The van der Waals surface area contributed by atoms with E-state index in [2.05, 4.69) is 27.7 Å². The average Bonchev–Trinajstić information content (AvgIpc) is 2.93. The van der Waals surface area contributed by atoms with Crippen LogP contribution in [0.1, 0.15) is 23.0 Å². The van der Waals surface area contributed by atoms with Crippen LogP contribution in [-0.2, 0) is 4.74 Å². The van der Waals surface area contributed by atoms with Crippen molar-refractivity contribution in [3.8, 4) is 16.9 Å². The van der Waals surface area contributed by atoms with Gasteiger partial charge in [0, 0.05) is 19.7 Å². The van der Waals surface area contributed by atoms with Gasteiger partial charge in [-0.15, -0.1) is 0 Å². The Morgan fingerprint density at radius 3 is 2.50 bits per heavy atom. The number of carbonyl (C=O) groups excluding carboxylic acids is 1. The molecule has 0 bridgehead atoms. The molecular weight excluding hydrogens is 486 g/mol. The number of benzene rings is 2. The maximum absolute atomic E-state index is 12.3. The number of halogens is 3. The Hall–Kier alpha value is -1.57. The predicted octanol–water partition coefficient (Wildman–Crippen LogP) is 5.94. The fourth-order valence-corrected chi connectivity index (χ4v) is 3.73. The Morgan fingerprint density at radius 1 is 1.19 bits per heavy atom. The summed E-state index contributed by atoms with van der Waals surface area (Å²) in [6, 6.07) is 13.0. The van der Waals surface area contributed by atoms with Crippen molar-refractivity contribution in [1.82, 2.24) is 9.78 Å². The molecule has 0 fully saturated rings. The Labute approximate surface area is 175 Å². The molecule has 26 heavy (non-hydrogen) atoms. The Bertz CT molecular complexity index is 968. The summed E-state index contributed by atoms with van der Waals surface area (Å²) in [5.74, 6) is -0.458. The highest BCUT2D eigenvalue weighted by Gasteiger charge is 2.23. The third-order valence-corrected chi connectivity index (χ3v) is 5.07. The average molecular weight is 501 g/mol. The summed E-state index contributed by atoms with van der Waals surface area (Å²) in [7, 11) is 0. The standard InChI is InChI=1S/C19H15Cl2IN2O2/c1-3-26-19(25)17-11(2)18(12-4-6-13(20)7-5-12)24(23-17)16-9-8-14(22)10-15(16)21/h4-10H,3H2,1-2H3. The highest BCUT2D eigenvalue weighted by Crippen LogP contribution is 2.33. The van der Waals surface area contributed by atoms with Crippen molar-refractivity contribution in [2.75, 3.05) is 6.61 Å². The van der Waals surface area contributed by atoms with Gasteiger partial charge in [0.1, 0.15) is 0 Å². The SMILES string of the molecule is CCOC(=O)c1nn(-c2ccc(I)cc2Cl)c(-c2ccc(Cl)cc2)c1C. The molecule has 0 spiro atoms. The molecule has 0 aliphatic carbocycles. The highest BCUT2D eigenvalue weighted by atomic mass is 127. The third kappa shape index (κ3) is 3.75. The number of carbonyl (C=O) groups is 1. The molecule has 3 rings (SSSR count). The summed E-state index contributed by atoms with van der Waals surface area (Å²) >= 11 is 14.7. The molecular formula is C19H15Cl2IN2O2. The molecule has 0 aliphatic rings. The van der Waals surface area contributed by atoms with Gasteiger partial charge in [0.15, 0.2) is 5.69 Å². The van der Waals surface area contributed by atoms with Crippen molar-refractivity contribution >= 4 is 51.8 Å². The van der Waals surface area contributed by atoms with Crippen LogP contribution in [0.25, 0.3) is 16.9 Å². The zero-order chi connectivity index (χ0) is 18.8. The van der Waals surface area contributed by atoms with E-state index in [1.54, 1.807) is 23.7 Å². The summed E-state index contributed by atoms with van der Waals surface area (Å²) in [5.41, 5.74) is 3.33. The van der Waals surface area contributed by atoms with Gasteiger partial charge in [-0.25, -0.2) is 9.48 Å². The zero-order valence-electron chi connectivity index (χ0n) is 14.1. The minimum Gasteiger partial charge on any atom is -0.461 e. The second kappa shape index (κ2) is 7.98. The number of aromatic nitrogens is 2. The van der Waals surface area contributed by atoms with Crippen LogP contribution in [0.4, 0.5) is 0 Å². The molecule has 7 heteroatoms. The summed E-state index contributed by atoms with van der Waals surface area (Å²) in [5, 5.41) is 5.69. The second-order valence-corrected chi connectivity index (χ2v) is 7.65. The number of rotatable bonds is 4. The van der Waals surface area contributed by atoms with Crippen LogP contribution in [0.5, 0.6) is 0 Å². The van der Waals surface area contributed by atoms with Gasteiger partial charge in [0.25, 0.3) is 0 Å². The number of hydrogen-bond acceptors (Lipinski definition) is 3. The maximum atomic E-state index is 12.3. The van der Waals surface area contributed by atoms with Crippen LogP contribution in [0.2, 0.25) is 10.0 Å². The molecule has 0 saturated carbocycles. The predicted molar refractivity (Wildman–Crippen MR) is 112 cm³/mol. The van der Waals surface area contributed by atoms with Crippen molar-refractivity contribution < 1.29 is 9.53 Å². The fourth-order valence-electron chi connectivity index (χ4n) is 2.66. The van der Waals surface area contributed by atoms with Gasteiger partial charge >= 0.3 is 5.97 Å². The molecule has 0 amide bonds. The maximum Gasteiger partial charge on any atom is 0.359 e. The molecule has 0 N–H and O–H groups in total. The summed E-state index contributed by atoms with van der Waals surface area (Å²) < 4.78 is 7.84. The number of ether oxygens (including phenoxy) is 1. The molecule has 2 aromatic carbocycles. The lowest BCUT2D eigenvalue weighted by Crippen LogP contribution is -2.08. The van der Waals surface area contributed by atoms with E-state index in [1.807, 2.05) is 37.3 Å². The molecule has 0 aliphatic heterocycles. The van der Waals surface area contributed by atoms with E-state index in [0.29, 0.717) is 15.7 Å². The highest BCUT2D eigenvalue weighted by molar-refractivity contribution is 14.1. The van der Waals surface area contributed by atoms with Gasteiger partial charge in [0.05, 0.1) is 23.0 Å². The third-order valence-electron chi connectivity index (χ3n) is 3.85. The topological polar surface area (TPSA) is 44.1 Å². The van der Waals surface area contributed by atoms with E-state index in [-0.39, 0.29) is 12.3 Å². The summed E-state index contributed by atoms with van der Waals surface area (Å²) in [6.07, 6.45) is 0. The van der Waals surface area contributed by atoms with E-state index in [0.717, 1.165) is 20.4 Å². The van der Waals surface area contributed by atoms with E-state index < -0.39 is 5.97 Å². The fraction of sp³-hybridized carbons (Fsp3) is 0.158. The molecule has 0 radical (unpaired) electrons. The van der Waals surface area contributed by atoms with Gasteiger partial charge in [0.2, 0.25) is 0 Å². The normalized spacial score (nSPS) is 10.8. The Balaban J connectivity index is 2.26. The zero-order valence-corrected chi connectivity index (χ0v) is 17.8. The first kappa shape index (κ1) is 19.2. The Kier molecular flexibility index (Phi) is 5.89. The molecule has 3 aromatic rings. The van der Waals surface area contributed by atoms with Crippen molar-refractivity contribution in [2.45, 2.75) is 13.8 Å². The second-order valence-electron chi connectivity index (χ2n) is 5.56. The Morgan fingerprint density at radius 2 is 1.88 bits per heavy atom. The molecule has 0 atom stereocenters. The van der Waals surface area contributed by atoms with Gasteiger partial charge in [-0.05, 0) is 66.8 Å². The molecule has 134 valence electrons. The lowest BCUT2D eigenvalue weighted by Gasteiger charge is -2.11.